The van der Waals surface area contributed by atoms with Crippen molar-refractivity contribution in [2.45, 2.75) is 30.9 Å². The predicted molar refractivity (Wildman–Crippen MR) is 177 cm³/mol. The molecule has 2 N–H and O–H groups in total. The highest BCUT2D eigenvalue weighted by molar-refractivity contribution is 7.13. The third-order valence-electron chi connectivity index (χ3n) is 9.13. The second-order valence-electron chi connectivity index (χ2n) is 12.7. The SMILES string of the molecule is O=C(Nc1nccs1)C(=O)N1CC2CN(C(=O)c3ccc(Nc4nc(CC5(c6ccc(Cl)cc6)CC5)nc(OCC(F)(F)F)n4)cc3)CC2C1. The normalized spacial score (nSPS) is 19.2. The van der Waals surface area contributed by atoms with Crippen molar-refractivity contribution >= 4 is 57.4 Å². The Morgan fingerprint density at radius 1 is 0.940 bits per heavy atom. The highest BCUT2D eigenvalue weighted by atomic mass is 35.5. The zero-order valence-corrected chi connectivity index (χ0v) is 27.9. The van der Waals surface area contributed by atoms with Crippen LogP contribution in [0.1, 0.15) is 34.6 Å². The van der Waals surface area contributed by atoms with E-state index in [1.54, 1.807) is 46.7 Å². The fourth-order valence-corrected chi connectivity index (χ4v) is 7.13. The molecule has 1 saturated carbocycles. The number of aromatic nitrogens is 4. The number of hydrogen-bond donors (Lipinski definition) is 2. The van der Waals surface area contributed by atoms with E-state index in [0.717, 1.165) is 18.4 Å². The smallest absolute Gasteiger partial charge is 0.422 e. The molecule has 260 valence electrons. The molecule has 3 fully saturated rings. The maximum atomic E-state index is 13.4. The number of halogens is 4. The molecule has 3 amide bonds. The molecule has 4 heterocycles. The number of likely N-dealkylation sites (tertiary alicyclic amines) is 2. The lowest BCUT2D eigenvalue weighted by molar-refractivity contribution is -0.154. The van der Waals surface area contributed by atoms with Gasteiger partial charge in [-0.2, -0.15) is 28.1 Å². The summed E-state index contributed by atoms with van der Waals surface area (Å²) in [5.74, 6) is -1.13. The molecule has 2 aromatic heterocycles. The van der Waals surface area contributed by atoms with E-state index in [-0.39, 0.29) is 34.9 Å². The molecule has 12 nitrogen and oxygen atoms in total. The van der Waals surface area contributed by atoms with Crippen LogP contribution in [-0.2, 0) is 21.4 Å². The average Bonchev–Trinajstić information content (AvgIpc) is 3.38. The number of rotatable bonds is 9. The van der Waals surface area contributed by atoms with E-state index in [2.05, 4.69) is 30.6 Å². The first kappa shape index (κ1) is 33.7. The van der Waals surface area contributed by atoms with Crippen LogP contribution >= 0.6 is 22.9 Å². The highest BCUT2D eigenvalue weighted by Gasteiger charge is 2.46. The van der Waals surface area contributed by atoms with E-state index in [1.165, 1.54) is 22.4 Å². The summed E-state index contributed by atoms with van der Waals surface area (Å²) in [6.45, 7) is 0.111. The van der Waals surface area contributed by atoms with E-state index in [0.29, 0.717) is 54.0 Å². The first-order valence-corrected chi connectivity index (χ1v) is 17.1. The average molecular weight is 727 g/mol. The van der Waals surface area contributed by atoms with Crippen LogP contribution in [0.3, 0.4) is 0 Å². The topological polar surface area (TPSA) is 143 Å². The minimum Gasteiger partial charge on any atom is -0.454 e. The van der Waals surface area contributed by atoms with Crippen LogP contribution in [0.2, 0.25) is 5.02 Å². The predicted octanol–water partition coefficient (Wildman–Crippen LogP) is 5.11. The monoisotopic (exact) mass is 726 g/mol. The number of alkyl halides is 3. The van der Waals surface area contributed by atoms with Crippen LogP contribution in [0, 0.1) is 11.8 Å². The molecule has 2 aliphatic heterocycles. The molecule has 3 aliphatic rings. The Kier molecular flexibility index (Phi) is 9.07. The van der Waals surface area contributed by atoms with Gasteiger partial charge in [-0.3, -0.25) is 19.7 Å². The van der Waals surface area contributed by atoms with E-state index in [9.17, 15) is 27.6 Å². The van der Waals surface area contributed by atoms with Crippen molar-refractivity contribution in [2.24, 2.45) is 11.8 Å². The Labute approximate surface area is 293 Å². The summed E-state index contributed by atoms with van der Waals surface area (Å²) >= 11 is 7.28. The lowest BCUT2D eigenvalue weighted by atomic mass is 9.92. The van der Waals surface area contributed by atoms with Crippen LogP contribution in [0.25, 0.3) is 0 Å². The Morgan fingerprint density at radius 3 is 2.24 bits per heavy atom. The molecule has 2 saturated heterocycles. The Balaban J connectivity index is 0.984. The van der Waals surface area contributed by atoms with Gasteiger partial charge in [-0.05, 0) is 54.8 Å². The third-order valence-corrected chi connectivity index (χ3v) is 10.1. The first-order valence-electron chi connectivity index (χ1n) is 15.8. The molecule has 0 bridgehead atoms. The quantitative estimate of drug-likeness (QED) is 0.225. The van der Waals surface area contributed by atoms with Gasteiger partial charge >= 0.3 is 24.0 Å². The summed E-state index contributed by atoms with van der Waals surface area (Å²) < 4.78 is 43.8. The molecule has 2 unspecified atom stereocenters. The molecule has 0 spiro atoms. The van der Waals surface area contributed by atoms with Crippen molar-refractivity contribution in [3.05, 3.63) is 82.1 Å². The van der Waals surface area contributed by atoms with E-state index in [1.807, 2.05) is 12.1 Å². The zero-order valence-electron chi connectivity index (χ0n) is 26.3. The molecule has 1 aliphatic carbocycles. The molecule has 7 rings (SSSR count). The standard InChI is InChI=1S/C33H30ClF3N8O4S/c34-23-5-3-22(4-6-23)32(9-10-32)13-25-40-29(43-30(41-25)49-18-33(35,36)37)39-24-7-1-19(2-8-24)27(47)44-14-20-16-45(17-21(20)15-44)28(48)26(46)42-31-38-11-12-50-31/h1-8,11-12,20-21H,9-10,13-18H2,(H,38,42,46)(H,39,40,41,43). The van der Waals surface area contributed by atoms with Crippen LogP contribution in [0.4, 0.5) is 29.9 Å². The van der Waals surface area contributed by atoms with Crippen LogP contribution in [0.15, 0.2) is 60.1 Å². The summed E-state index contributed by atoms with van der Waals surface area (Å²) in [4.78, 5) is 58.4. The minimum atomic E-state index is -4.58. The summed E-state index contributed by atoms with van der Waals surface area (Å²) in [7, 11) is 0. The maximum absolute atomic E-state index is 13.4. The minimum absolute atomic E-state index is 0.00459. The highest BCUT2D eigenvalue weighted by Crippen LogP contribution is 2.50. The number of thiazole rings is 1. The molecule has 2 atom stereocenters. The van der Waals surface area contributed by atoms with Crippen molar-refractivity contribution in [3.63, 3.8) is 0 Å². The summed E-state index contributed by atoms with van der Waals surface area (Å²) in [5, 5.41) is 8.17. The van der Waals surface area contributed by atoms with Crippen molar-refractivity contribution < 1.29 is 32.3 Å². The van der Waals surface area contributed by atoms with Gasteiger partial charge in [-0.1, -0.05) is 23.7 Å². The van der Waals surface area contributed by atoms with Gasteiger partial charge in [0.1, 0.15) is 5.82 Å². The number of nitrogens with one attached hydrogen (secondary N) is 2. The number of benzene rings is 2. The molecular formula is C33H30ClF3N8O4S. The lowest BCUT2D eigenvalue weighted by Crippen LogP contribution is -2.40. The Bertz CT molecular complexity index is 1880. The van der Waals surface area contributed by atoms with Gasteiger partial charge in [-0.25, -0.2) is 4.98 Å². The number of carbonyl (C=O) groups is 3. The van der Waals surface area contributed by atoms with Crippen LogP contribution in [-0.4, -0.2) is 86.4 Å². The van der Waals surface area contributed by atoms with Gasteiger partial charge < -0.3 is 19.9 Å². The Morgan fingerprint density at radius 2 is 1.62 bits per heavy atom. The van der Waals surface area contributed by atoms with E-state index in [4.69, 9.17) is 16.3 Å². The van der Waals surface area contributed by atoms with E-state index < -0.39 is 30.6 Å². The van der Waals surface area contributed by atoms with Crippen LogP contribution < -0.4 is 15.4 Å². The fraction of sp³-hybridized carbons (Fsp3) is 0.364. The van der Waals surface area contributed by atoms with Gasteiger partial charge in [0.05, 0.1) is 0 Å². The lowest BCUT2D eigenvalue weighted by Gasteiger charge is -2.21. The maximum Gasteiger partial charge on any atom is 0.422 e. The summed E-state index contributed by atoms with van der Waals surface area (Å²) in [6.07, 6.45) is -0.955. The van der Waals surface area contributed by atoms with E-state index >= 15 is 0 Å². The third kappa shape index (κ3) is 7.65. The van der Waals surface area contributed by atoms with Gasteiger partial charge in [-0.15, -0.1) is 11.3 Å². The van der Waals surface area contributed by atoms with Gasteiger partial charge in [0.2, 0.25) is 5.95 Å². The van der Waals surface area contributed by atoms with Crippen molar-refractivity contribution in [3.8, 4) is 6.01 Å². The largest absolute Gasteiger partial charge is 0.454 e. The fourth-order valence-electron chi connectivity index (χ4n) is 6.48. The number of nitrogens with zero attached hydrogens (tertiary/aromatic N) is 6. The van der Waals surface area contributed by atoms with Crippen molar-refractivity contribution in [2.75, 3.05) is 43.4 Å². The van der Waals surface area contributed by atoms with Gasteiger partial charge in [0.15, 0.2) is 11.7 Å². The molecule has 50 heavy (non-hydrogen) atoms. The number of carbonyl (C=O) groups excluding carboxylic acids is 3. The van der Waals surface area contributed by atoms with Gasteiger partial charge in [0, 0.05) is 77.7 Å². The zero-order chi connectivity index (χ0) is 35.0. The number of amides is 3. The number of hydrogen-bond acceptors (Lipinski definition) is 10. The number of ether oxygens (including phenoxy) is 1. The van der Waals surface area contributed by atoms with Crippen molar-refractivity contribution in [1.29, 1.82) is 0 Å². The number of anilines is 3. The Hall–Kier alpha value is -4.83. The summed E-state index contributed by atoms with van der Waals surface area (Å²) in [5.41, 5.74) is 1.72. The molecule has 4 aromatic rings. The molecular weight excluding hydrogens is 697 g/mol. The first-order chi connectivity index (χ1) is 23.9. The summed E-state index contributed by atoms with van der Waals surface area (Å²) in [6, 6.07) is 13.6. The second kappa shape index (κ2) is 13.5. The second-order valence-corrected chi connectivity index (χ2v) is 14.0. The van der Waals surface area contributed by atoms with Crippen molar-refractivity contribution in [1.82, 2.24) is 29.7 Å². The molecule has 2 aromatic carbocycles. The van der Waals surface area contributed by atoms with Crippen LogP contribution in [0.5, 0.6) is 6.01 Å². The van der Waals surface area contributed by atoms with Gasteiger partial charge in [0.25, 0.3) is 5.91 Å². The number of fused-ring (bicyclic) bond motifs is 1. The molecule has 0 radical (unpaired) electrons. The molecule has 17 heteroatoms.